The van der Waals surface area contributed by atoms with Gasteiger partial charge in [-0.2, -0.15) is 0 Å². The first-order valence-electron chi connectivity index (χ1n) is 4.32. The lowest BCUT2D eigenvalue weighted by Gasteiger charge is -2.07. The summed E-state index contributed by atoms with van der Waals surface area (Å²) in [5, 5.41) is 0. The fraction of sp³-hybridized carbons (Fsp3) is 0.250. The highest BCUT2D eigenvalue weighted by Crippen LogP contribution is 2.52. The molecule has 2 unspecified atom stereocenters. The first-order valence-corrected chi connectivity index (χ1v) is 4.32. The van der Waals surface area contributed by atoms with Gasteiger partial charge >= 0.3 is 0 Å². The van der Waals surface area contributed by atoms with E-state index in [0.29, 0.717) is 0 Å². The van der Waals surface area contributed by atoms with Crippen molar-refractivity contribution in [2.45, 2.75) is 11.8 Å². The maximum absolute atomic E-state index is 10.6. The highest BCUT2D eigenvalue weighted by atomic mass is 16.1. The van der Waals surface area contributed by atoms with E-state index in [1.165, 1.54) is 0 Å². The van der Waals surface area contributed by atoms with Gasteiger partial charge in [0.15, 0.2) is 0 Å². The van der Waals surface area contributed by atoms with Crippen molar-refractivity contribution >= 4 is 6.29 Å². The summed E-state index contributed by atoms with van der Waals surface area (Å²) in [6, 6.07) is 9.84. The largest absolute Gasteiger partial charge is 0.303 e. The van der Waals surface area contributed by atoms with E-state index in [4.69, 9.17) is 6.42 Å². The summed E-state index contributed by atoms with van der Waals surface area (Å²) in [5.41, 5.74) is 0.804. The van der Waals surface area contributed by atoms with Crippen molar-refractivity contribution in [2.75, 3.05) is 0 Å². The average Bonchev–Trinajstić information content (AvgIpc) is 2.94. The highest BCUT2D eigenvalue weighted by Gasteiger charge is 2.54. The molecule has 1 aromatic rings. The maximum Gasteiger partial charge on any atom is 0.125 e. The smallest absolute Gasteiger partial charge is 0.125 e. The van der Waals surface area contributed by atoms with Crippen molar-refractivity contribution in [1.82, 2.24) is 0 Å². The third kappa shape index (κ3) is 1.07. The predicted octanol–water partition coefficient (Wildman–Crippen LogP) is 1.78. The van der Waals surface area contributed by atoms with Crippen LogP contribution >= 0.6 is 0 Å². The first kappa shape index (κ1) is 8.07. The molecule has 0 amide bonds. The van der Waals surface area contributed by atoms with Gasteiger partial charge in [-0.25, -0.2) is 0 Å². The molecule has 0 radical (unpaired) electrons. The van der Waals surface area contributed by atoms with Crippen molar-refractivity contribution in [1.29, 1.82) is 0 Å². The summed E-state index contributed by atoms with van der Waals surface area (Å²) in [6.45, 7) is 0. The Kier molecular flexibility index (Phi) is 1.70. The minimum atomic E-state index is -0.289. The van der Waals surface area contributed by atoms with E-state index in [-0.39, 0.29) is 11.3 Å². The Balaban J connectivity index is 2.37. The van der Waals surface area contributed by atoms with Crippen molar-refractivity contribution in [3.05, 3.63) is 35.9 Å². The number of terminal acetylenes is 1. The van der Waals surface area contributed by atoms with Gasteiger partial charge < -0.3 is 4.79 Å². The fourth-order valence-corrected chi connectivity index (χ4v) is 1.77. The molecule has 1 heteroatoms. The Labute approximate surface area is 77.8 Å². The normalized spacial score (nSPS) is 30.5. The number of rotatable bonds is 2. The van der Waals surface area contributed by atoms with Gasteiger partial charge in [-0.1, -0.05) is 36.3 Å². The number of aldehydes is 1. The average molecular weight is 170 g/mol. The molecule has 0 aliphatic heterocycles. The van der Waals surface area contributed by atoms with Gasteiger partial charge in [-0.15, -0.1) is 6.42 Å². The predicted molar refractivity (Wildman–Crippen MR) is 51.1 cm³/mol. The second-order valence-electron chi connectivity index (χ2n) is 3.43. The molecule has 2 rings (SSSR count). The van der Waals surface area contributed by atoms with Crippen LogP contribution in [0.15, 0.2) is 30.3 Å². The van der Waals surface area contributed by atoms with Crippen molar-refractivity contribution in [2.24, 2.45) is 5.92 Å². The summed E-state index contributed by atoms with van der Waals surface area (Å²) in [7, 11) is 0. The molecule has 0 aromatic heterocycles. The second kappa shape index (κ2) is 2.74. The zero-order chi connectivity index (χ0) is 9.31. The minimum Gasteiger partial charge on any atom is -0.303 e. The maximum atomic E-state index is 10.6. The number of benzene rings is 1. The van der Waals surface area contributed by atoms with Crippen LogP contribution in [0, 0.1) is 18.3 Å². The van der Waals surface area contributed by atoms with Gasteiger partial charge in [-0.3, -0.25) is 0 Å². The summed E-state index contributed by atoms with van der Waals surface area (Å²) >= 11 is 0. The van der Waals surface area contributed by atoms with Crippen LogP contribution in [-0.2, 0) is 10.2 Å². The molecule has 1 nitrogen and oxygen atoms in total. The Hall–Kier alpha value is -1.55. The van der Waals surface area contributed by atoms with E-state index in [1.54, 1.807) is 0 Å². The van der Waals surface area contributed by atoms with Gasteiger partial charge in [0, 0.05) is 5.92 Å². The van der Waals surface area contributed by atoms with Crippen molar-refractivity contribution in [3.63, 3.8) is 0 Å². The van der Waals surface area contributed by atoms with Gasteiger partial charge in [0.25, 0.3) is 0 Å². The minimum absolute atomic E-state index is 0.0277. The molecule has 1 fully saturated rings. The Morgan fingerprint density at radius 3 is 2.62 bits per heavy atom. The van der Waals surface area contributed by atoms with Crippen LogP contribution in [0.25, 0.3) is 0 Å². The quantitative estimate of drug-likeness (QED) is 0.488. The summed E-state index contributed by atoms with van der Waals surface area (Å²) in [4.78, 5) is 10.6. The highest BCUT2D eigenvalue weighted by molar-refractivity contribution is 5.67. The van der Waals surface area contributed by atoms with Gasteiger partial charge in [0.1, 0.15) is 6.29 Å². The lowest BCUT2D eigenvalue weighted by atomic mass is 9.95. The Bertz CT molecular complexity index is 360. The van der Waals surface area contributed by atoms with Gasteiger partial charge in [-0.05, 0) is 12.0 Å². The van der Waals surface area contributed by atoms with Gasteiger partial charge in [0.2, 0.25) is 0 Å². The molecular formula is C12H10O. The monoisotopic (exact) mass is 170 g/mol. The number of carbonyl (C=O) groups excluding carboxylic acids is 1. The molecule has 1 aliphatic carbocycles. The molecule has 2 atom stereocenters. The number of hydrogen-bond acceptors (Lipinski definition) is 1. The molecular weight excluding hydrogens is 160 g/mol. The standard InChI is InChI=1S/C12H10O/c1-2-12(8-11(12)9-13)10-6-4-3-5-7-10/h1,3-7,9,11H,8H2. The van der Waals surface area contributed by atoms with Crippen LogP contribution in [0.1, 0.15) is 12.0 Å². The molecule has 0 saturated heterocycles. The lowest BCUT2D eigenvalue weighted by Crippen LogP contribution is -2.07. The SMILES string of the molecule is C#CC1(c2ccccc2)CC1C=O. The molecule has 0 bridgehead atoms. The van der Waals surface area contributed by atoms with E-state index in [0.717, 1.165) is 18.3 Å². The molecule has 64 valence electrons. The topological polar surface area (TPSA) is 17.1 Å². The zero-order valence-corrected chi connectivity index (χ0v) is 7.23. The molecule has 0 N–H and O–H groups in total. The van der Waals surface area contributed by atoms with E-state index in [2.05, 4.69) is 5.92 Å². The van der Waals surface area contributed by atoms with E-state index >= 15 is 0 Å². The third-order valence-corrected chi connectivity index (χ3v) is 2.73. The molecule has 13 heavy (non-hydrogen) atoms. The van der Waals surface area contributed by atoms with Crippen LogP contribution in [0.4, 0.5) is 0 Å². The van der Waals surface area contributed by atoms with Crippen molar-refractivity contribution < 1.29 is 4.79 Å². The van der Waals surface area contributed by atoms with E-state index in [1.807, 2.05) is 30.3 Å². The second-order valence-corrected chi connectivity index (χ2v) is 3.43. The number of carbonyl (C=O) groups is 1. The van der Waals surface area contributed by atoms with E-state index < -0.39 is 0 Å². The Morgan fingerprint density at radius 2 is 2.15 bits per heavy atom. The van der Waals surface area contributed by atoms with Gasteiger partial charge in [0.05, 0.1) is 5.41 Å². The first-order chi connectivity index (χ1) is 6.33. The van der Waals surface area contributed by atoms with Crippen LogP contribution in [0.2, 0.25) is 0 Å². The van der Waals surface area contributed by atoms with Crippen LogP contribution < -0.4 is 0 Å². The summed E-state index contributed by atoms with van der Waals surface area (Å²) in [5.74, 6) is 2.77. The third-order valence-electron chi connectivity index (χ3n) is 2.73. The molecule has 1 aliphatic rings. The fourth-order valence-electron chi connectivity index (χ4n) is 1.77. The number of hydrogen-bond donors (Lipinski definition) is 0. The summed E-state index contributed by atoms with van der Waals surface area (Å²) in [6.07, 6.45) is 7.23. The van der Waals surface area contributed by atoms with Crippen LogP contribution in [0.3, 0.4) is 0 Å². The summed E-state index contributed by atoms with van der Waals surface area (Å²) < 4.78 is 0. The van der Waals surface area contributed by atoms with Crippen molar-refractivity contribution in [3.8, 4) is 12.3 Å². The molecule has 0 spiro atoms. The Morgan fingerprint density at radius 1 is 1.46 bits per heavy atom. The molecule has 0 heterocycles. The lowest BCUT2D eigenvalue weighted by molar-refractivity contribution is -0.109. The molecule has 1 saturated carbocycles. The zero-order valence-electron chi connectivity index (χ0n) is 7.23. The van der Waals surface area contributed by atoms with Crippen LogP contribution in [0.5, 0.6) is 0 Å². The van der Waals surface area contributed by atoms with E-state index in [9.17, 15) is 4.79 Å². The van der Waals surface area contributed by atoms with Crippen LogP contribution in [-0.4, -0.2) is 6.29 Å². The molecule has 1 aromatic carbocycles.